The fraction of sp³-hybridized carbons (Fsp3) is 0.323. The average Bonchev–Trinajstić information content (AvgIpc) is 3.55. The van der Waals surface area contributed by atoms with Crippen LogP contribution in [0.3, 0.4) is 0 Å². The molecule has 1 saturated heterocycles. The first-order valence-corrected chi connectivity index (χ1v) is 13.5. The molecule has 7 nitrogen and oxygen atoms in total. The smallest absolute Gasteiger partial charge is 0.244 e. The summed E-state index contributed by atoms with van der Waals surface area (Å²) in [6.07, 6.45) is 9.30. The zero-order valence-electron chi connectivity index (χ0n) is 21.2. The lowest BCUT2D eigenvalue weighted by Crippen LogP contribution is -2.38. The standard InChI is InChI=1S/C31H29N5O2/c32-15-23-6-4-21-13-30(23)38-25-8-9-26-22(5-3-20-1-2-20)7-10-29(27(26)14-25)36-12-11-28(31(36)37)34-17-24-16-33-19-35(24)18-21/h4,6-10,13-14,16,19-20,28,34H,1-3,5,11-12,17-18H2/t28-/m0/s1. The molecule has 0 spiro atoms. The van der Waals surface area contributed by atoms with E-state index in [0.29, 0.717) is 36.7 Å². The van der Waals surface area contributed by atoms with Gasteiger partial charge >= 0.3 is 0 Å². The third-order valence-electron chi connectivity index (χ3n) is 8.15. The van der Waals surface area contributed by atoms with Gasteiger partial charge in [0.25, 0.3) is 0 Å². The highest BCUT2D eigenvalue weighted by Gasteiger charge is 2.33. The van der Waals surface area contributed by atoms with Crippen molar-refractivity contribution in [2.45, 2.75) is 51.2 Å². The summed E-state index contributed by atoms with van der Waals surface area (Å²) in [7, 11) is 0. The molecule has 1 aliphatic carbocycles. The minimum absolute atomic E-state index is 0.0958. The van der Waals surface area contributed by atoms with Gasteiger partial charge in [-0.3, -0.25) is 4.79 Å². The zero-order valence-corrected chi connectivity index (χ0v) is 21.2. The number of anilines is 1. The van der Waals surface area contributed by atoms with Crippen molar-refractivity contribution >= 4 is 22.4 Å². The van der Waals surface area contributed by atoms with Gasteiger partial charge in [0.15, 0.2) is 0 Å². The summed E-state index contributed by atoms with van der Waals surface area (Å²) < 4.78 is 8.42. The Balaban J connectivity index is 1.36. The molecule has 3 aromatic carbocycles. The Morgan fingerprint density at radius 2 is 2.00 bits per heavy atom. The largest absolute Gasteiger partial charge is 0.456 e. The van der Waals surface area contributed by atoms with Gasteiger partial charge in [-0.05, 0) is 72.0 Å². The van der Waals surface area contributed by atoms with Crippen molar-refractivity contribution in [2.24, 2.45) is 5.92 Å². The molecule has 2 aliphatic heterocycles. The number of hydrogen-bond donors (Lipinski definition) is 1. The molecule has 6 bridgehead atoms. The van der Waals surface area contributed by atoms with Crippen LogP contribution in [0.1, 0.15) is 48.1 Å². The second-order valence-electron chi connectivity index (χ2n) is 10.7. The highest BCUT2D eigenvalue weighted by atomic mass is 16.5. The van der Waals surface area contributed by atoms with Gasteiger partial charge in [-0.15, -0.1) is 0 Å². The van der Waals surface area contributed by atoms with Gasteiger partial charge in [-0.2, -0.15) is 5.26 Å². The Labute approximate surface area is 221 Å². The number of nitrogens with one attached hydrogen (secondary N) is 1. The van der Waals surface area contributed by atoms with Crippen molar-refractivity contribution in [1.29, 1.82) is 5.26 Å². The first-order chi connectivity index (χ1) is 18.7. The second-order valence-corrected chi connectivity index (χ2v) is 10.7. The fourth-order valence-corrected chi connectivity index (χ4v) is 5.80. The van der Waals surface area contributed by atoms with Gasteiger partial charge in [0.05, 0.1) is 29.3 Å². The molecule has 3 heterocycles. The quantitative estimate of drug-likeness (QED) is 0.410. The fourth-order valence-electron chi connectivity index (χ4n) is 5.80. The number of hydrogen-bond acceptors (Lipinski definition) is 5. The van der Waals surface area contributed by atoms with Crippen molar-refractivity contribution in [2.75, 3.05) is 11.4 Å². The number of aromatic nitrogens is 2. The molecule has 7 rings (SSSR count). The Morgan fingerprint density at radius 3 is 2.87 bits per heavy atom. The van der Waals surface area contributed by atoms with Crippen LogP contribution in [0.25, 0.3) is 10.8 Å². The maximum absolute atomic E-state index is 13.6. The molecule has 7 heteroatoms. The molecular formula is C31H29N5O2. The number of nitriles is 1. The number of amides is 1. The van der Waals surface area contributed by atoms with Crippen LogP contribution in [0.4, 0.5) is 5.69 Å². The molecule has 0 unspecified atom stereocenters. The van der Waals surface area contributed by atoms with E-state index in [-0.39, 0.29) is 11.9 Å². The molecule has 1 saturated carbocycles. The van der Waals surface area contributed by atoms with E-state index in [4.69, 9.17) is 4.74 Å². The topological polar surface area (TPSA) is 83.2 Å². The van der Waals surface area contributed by atoms with Crippen molar-refractivity contribution in [3.05, 3.63) is 83.4 Å². The molecule has 190 valence electrons. The Hall–Kier alpha value is -4.15. The van der Waals surface area contributed by atoms with E-state index in [1.165, 1.54) is 30.2 Å². The number of fused-ring (bicyclic) bond motifs is 7. The molecule has 4 aromatic rings. The predicted octanol–water partition coefficient (Wildman–Crippen LogP) is 5.30. The first-order valence-electron chi connectivity index (χ1n) is 13.5. The van der Waals surface area contributed by atoms with Gasteiger partial charge in [0.2, 0.25) is 5.91 Å². The number of benzene rings is 3. The summed E-state index contributed by atoms with van der Waals surface area (Å²) in [6.45, 7) is 1.81. The van der Waals surface area contributed by atoms with Crippen LogP contribution in [-0.4, -0.2) is 28.0 Å². The van der Waals surface area contributed by atoms with Crippen LogP contribution in [0.5, 0.6) is 11.5 Å². The minimum atomic E-state index is -0.239. The number of aryl methyl sites for hydroxylation is 1. The van der Waals surface area contributed by atoms with E-state index >= 15 is 0 Å². The van der Waals surface area contributed by atoms with E-state index < -0.39 is 0 Å². The lowest BCUT2D eigenvalue weighted by Gasteiger charge is -2.22. The normalized spacial score (nSPS) is 18.9. The first kappa shape index (κ1) is 23.0. The molecule has 38 heavy (non-hydrogen) atoms. The van der Waals surface area contributed by atoms with Gasteiger partial charge in [-0.1, -0.05) is 31.0 Å². The SMILES string of the molecule is N#Cc1ccc2cc1Oc1ccc3c(CCC4CC4)ccc(c3c1)N1CC[C@H](NCc3cncn3C2)C1=O. The second kappa shape index (κ2) is 9.30. The number of nitrogens with zero attached hydrogens (tertiary/aromatic N) is 4. The summed E-state index contributed by atoms with van der Waals surface area (Å²) in [6, 6.07) is 18.2. The molecule has 1 aromatic heterocycles. The highest BCUT2D eigenvalue weighted by Crippen LogP contribution is 2.39. The minimum Gasteiger partial charge on any atom is -0.456 e. The van der Waals surface area contributed by atoms with Crippen molar-refractivity contribution in [1.82, 2.24) is 14.9 Å². The van der Waals surface area contributed by atoms with E-state index in [9.17, 15) is 10.1 Å². The molecular weight excluding hydrogens is 474 g/mol. The van der Waals surface area contributed by atoms with E-state index in [0.717, 1.165) is 41.1 Å². The number of carbonyl (C=O) groups excluding carboxylic acids is 1. The van der Waals surface area contributed by atoms with Crippen molar-refractivity contribution < 1.29 is 9.53 Å². The van der Waals surface area contributed by atoms with E-state index in [1.807, 2.05) is 41.4 Å². The number of rotatable bonds is 3. The predicted molar refractivity (Wildman–Crippen MR) is 145 cm³/mol. The maximum Gasteiger partial charge on any atom is 0.244 e. The van der Waals surface area contributed by atoms with E-state index in [2.05, 4.69) is 39.1 Å². The molecule has 3 aliphatic rings. The Kier molecular flexibility index (Phi) is 5.63. The molecule has 1 amide bonds. The molecule has 1 N–H and O–H groups in total. The summed E-state index contributed by atoms with van der Waals surface area (Å²) >= 11 is 0. The number of imidazole rings is 1. The van der Waals surface area contributed by atoms with Crippen LogP contribution in [0.15, 0.2) is 61.1 Å². The third kappa shape index (κ3) is 4.21. The zero-order chi connectivity index (χ0) is 25.6. The summed E-state index contributed by atoms with van der Waals surface area (Å²) in [5.74, 6) is 2.13. The number of ether oxygens (including phenoxy) is 1. The van der Waals surface area contributed by atoms with Gasteiger partial charge < -0.3 is 19.5 Å². The van der Waals surface area contributed by atoms with Crippen LogP contribution >= 0.6 is 0 Å². The summed E-state index contributed by atoms with van der Waals surface area (Å²) in [5.41, 5.74) is 4.73. The van der Waals surface area contributed by atoms with E-state index in [1.54, 1.807) is 6.33 Å². The van der Waals surface area contributed by atoms with Crippen molar-refractivity contribution in [3.8, 4) is 17.6 Å². The Morgan fingerprint density at radius 1 is 1.08 bits per heavy atom. The summed E-state index contributed by atoms with van der Waals surface area (Å²) in [5, 5.41) is 15.4. The highest BCUT2D eigenvalue weighted by molar-refractivity contribution is 6.08. The lowest BCUT2D eigenvalue weighted by molar-refractivity contribution is -0.118. The lowest BCUT2D eigenvalue weighted by atomic mass is 9.97. The van der Waals surface area contributed by atoms with Gasteiger partial charge in [0, 0.05) is 31.2 Å². The van der Waals surface area contributed by atoms with Crippen LogP contribution in [0.2, 0.25) is 0 Å². The monoisotopic (exact) mass is 503 g/mol. The Bertz CT molecular complexity index is 1600. The number of carbonyl (C=O) groups is 1. The molecule has 0 radical (unpaired) electrons. The summed E-state index contributed by atoms with van der Waals surface area (Å²) in [4.78, 5) is 19.8. The van der Waals surface area contributed by atoms with Gasteiger partial charge in [0.1, 0.15) is 17.6 Å². The van der Waals surface area contributed by atoms with Crippen LogP contribution < -0.4 is 15.0 Å². The third-order valence-corrected chi connectivity index (χ3v) is 8.15. The molecule has 1 atom stereocenters. The van der Waals surface area contributed by atoms with Crippen LogP contribution in [0, 0.1) is 17.2 Å². The molecule has 2 fully saturated rings. The van der Waals surface area contributed by atoms with Crippen LogP contribution in [-0.2, 0) is 24.3 Å². The maximum atomic E-state index is 13.6. The average molecular weight is 504 g/mol. The van der Waals surface area contributed by atoms with Crippen molar-refractivity contribution in [3.63, 3.8) is 0 Å². The van der Waals surface area contributed by atoms with Gasteiger partial charge in [-0.25, -0.2) is 4.98 Å².